The molecule has 0 fully saturated rings. The molecule has 1 atom stereocenters. The molecule has 0 aliphatic carbocycles. The third kappa shape index (κ3) is 1.10. The Bertz CT molecular complexity index is 281. The lowest BCUT2D eigenvalue weighted by Crippen LogP contribution is -2.25. The van der Waals surface area contributed by atoms with Gasteiger partial charge in [0.1, 0.15) is 0 Å². The van der Waals surface area contributed by atoms with E-state index < -0.39 is 0 Å². The quantitative estimate of drug-likeness (QED) is 0.514. The van der Waals surface area contributed by atoms with E-state index in [0.29, 0.717) is 0 Å². The number of hydrogen-bond acceptors (Lipinski definition) is 1. The molecule has 0 radical (unpaired) electrons. The van der Waals surface area contributed by atoms with Gasteiger partial charge in [-0.3, -0.25) is 5.32 Å². The zero-order valence-corrected chi connectivity index (χ0v) is 7.98. The van der Waals surface area contributed by atoms with Gasteiger partial charge in [-0.25, -0.2) is 0 Å². The number of fused-ring (bicyclic) bond motifs is 1. The molecular weight excluding hydrogens is 202 g/mol. The molecule has 0 saturated carbocycles. The van der Waals surface area contributed by atoms with Crippen molar-refractivity contribution in [3.8, 4) is 0 Å². The predicted molar refractivity (Wildman–Crippen MR) is 49.6 cm³/mol. The molecule has 1 heterocycles. The molecule has 11 heavy (non-hydrogen) atoms. The van der Waals surface area contributed by atoms with Crippen LogP contribution in [0.15, 0.2) is 24.3 Å². The van der Waals surface area contributed by atoms with Gasteiger partial charge in [0.25, 0.3) is 0 Å². The Morgan fingerprint density at radius 3 is 2.91 bits per heavy atom. The van der Waals surface area contributed by atoms with Gasteiger partial charge in [0.15, 0.2) is 0 Å². The zero-order chi connectivity index (χ0) is 7.90. The maximum absolute atomic E-state index is 3.63. The van der Waals surface area contributed by atoms with Crippen LogP contribution in [0.1, 0.15) is 18.1 Å². The highest BCUT2D eigenvalue weighted by atomic mass is 79.9. The summed E-state index contributed by atoms with van der Waals surface area (Å²) in [5.41, 5.74) is 2.76. The molecule has 0 saturated heterocycles. The fourth-order valence-corrected chi connectivity index (χ4v) is 2.02. The maximum Gasteiger partial charge on any atom is 0.0974 e. The van der Waals surface area contributed by atoms with Crippen molar-refractivity contribution in [2.75, 3.05) is 0 Å². The molecule has 0 bridgehead atoms. The molecule has 1 aromatic rings. The highest BCUT2D eigenvalue weighted by Crippen LogP contribution is 2.35. The predicted octanol–water partition coefficient (Wildman–Crippen LogP) is 2.36. The van der Waals surface area contributed by atoms with Gasteiger partial charge in [0.2, 0.25) is 0 Å². The van der Waals surface area contributed by atoms with E-state index >= 15 is 0 Å². The lowest BCUT2D eigenvalue weighted by molar-refractivity contribution is 0.590. The van der Waals surface area contributed by atoms with Crippen LogP contribution < -0.4 is 5.32 Å². The summed E-state index contributed by atoms with van der Waals surface area (Å²) in [6, 6.07) is 8.47. The Hall–Kier alpha value is -0.340. The minimum atomic E-state index is -0.0103. The van der Waals surface area contributed by atoms with Crippen molar-refractivity contribution in [2.24, 2.45) is 0 Å². The SMILES string of the molecule is CC1(Br)NCc2ccccc21. The average molecular weight is 212 g/mol. The summed E-state index contributed by atoms with van der Waals surface area (Å²) < 4.78 is -0.0103. The van der Waals surface area contributed by atoms with Crippen LogP contribution in [0.3, 0.4) is 0 Å². The highest BCUT2D eigenvalue weighted by Gasteiger charge is 2.29. The molecule has 1 N–H and O–H groups in total. The number of nitrogens with one attached hydrogen (secondary N) is 1. The lowest BCUT2D eigenvalue weighted by Gasteiger charge is -2.16. The standard InChI is InChI=1S/C9H10BrN/c1-9(10)8-5-3-2-4-7(8)6-11-9/h2-5,11H,6H2,1H3. The van der Waals surface area contributed by atoms with Gasteiger partial charge in [-0.15, -0.1) is 0 Å². The van der Waals surface area contributed by atoms with Crippen molar-refractivity contribution in [1.29, 1.82) is 0 Å². The molecule has 2 rings (SSSR count). The lowest BCUT2D eigenvalue weighted by atomic mass is 10.1. The number of alkyl halides is 1. The van der Waals surface area contributed by atoms with Gasteiger partial charge in [-0.05, 0) is 18.1 Å². The molecular formula is C9H10BrN. The molecule has 1 unspecified atom stereocenters. The molecule has 1 nitrogen and oxygen atoms in total. The summed E-state index contributed by atoms with van der Waals surface area (Å²) >= 11 is 3.63. The molecule has 1 aliphatic rings. The van der Waals surface area contributed by atoms with E-state index in [1.165, 1.54) is 11.1 Å². The van der Waals surface area contributed by atoms with Crippen LogP contribution in [0.25, 0.3) is 0 Å². The Labute approximate surface area is 74.9 Å². The highest BCUT2D eigenvalue weighted by molar-refractivity contribution is 9.09. The Kier molecular flexibility index (Phi) is 1.55. The summed E-state index contributed by atoms with van der Waals surface area (Å²) in [5.74, 6) is 0. The van der Waals surface area contributed by atoms with Crippen molar-refractivity contribution >= 4 is 15.9 Å². The van der Waals surface area contributed by atoms with Crippen molar-refractivity contribution in [3.05, 3.63) is 35.4 Å². The van der Waals surface area contributed by atoms with Crippen LogP contribution in [0.2, 0.25) is 0 Å². The molecule has 2 heteroatoms. The zero-order valence-electron chi connectivity index (χ0n) is 6.39. The largest absolute Gasteiger partial charge is 0.295 e. The van der Waals surface area contributed by atoms with Crippen molar-refractivity contribution < 1.29 is 0 Å². The first kappa shape index (κ1) is 7.32. The second kappa shape index (κ2) is 2.32. The molecule has 1 aromatic carbocycles. The van der Waals surface area contributed by atoms with Gasteiger partial charge in [0.05, 0.1) is 4.45 Å². The van der Waals surface area contributed by atoms with Crippen molar-refractivity contribution in [1.82, 2.24) is 5.32 Å². The fourth-order valence-electron chi connectivity index (χ4n) is 1.49. The first-order valence-electron chi connectivity index (χ1n) is 3.72. The van der Waals surface area contributed by atoms with Crippen molar-refractivity contribution in [2.45, 2.75) is 17.9 Å². The van der Waals surface area contributed by atoms with Crippen LogP contribution >= 0.6 is 15.9 Å². The monoisotopic (exact) mass is 211 g/mol. The summed E-state index contributed by atoms with van der Waals surface area (Å²) in [4.78, 5) is 0. The van der Waals surface area contributed by atoms with E-state index in [4.69, 9.17) is 0 Å². The second-order valence-electron chi connectivity index (χ2n) is 3.01. The third-order valence-corrected chi connectivity index (χ3v) is 2.84. The van der Waals surface area contributed by atoms with Crippen LogP contribution in [-0.4, -0.2) is 0 Å². The normalized spacial score (nSPS) is 28.5. The first-order chi connectivity index (χ1) is 5.20. The average Bonchev–Trinajstić information content (AvgIpc) is 2.29. The van der Waals surface area contributed by atoms with Gasteiger partial charge >= 0.3 is 0 Å². The smallest absolute Gasteiger partial charge is 0.0974 e. The van der Waals surface area contributed by atoms with E-state index in [0.717, 1.165) is 6.54 Å². The minimum absolute atomic E-state index is 0.0103. The van der Waals surface area contributed by atoms with Crippen LogP contribution in [0.5, 0.6) is 0 Å². The van der Waals surface area contributed by atoms with E-state index in [2.05, 4.69) is 52.4 Å². The van der Waals surface area contributed by atoms with Gasteiger partial charge in [-0.2, -0.15) is 0 Å². The summed E-state index contributed by atoms with van der Waals surface area (Å²) in [7, 11) is 0. The summed E-state index contributed by atoms with van der Waals surface area (Å²) in [6.45, 7) is 3.11. The van der Waals surface area contributed by atoms with E-state index in [-0.39, 0.29) is 4.45 Å². The molecule has 58 valence electrons. The van der Waals surface area contributed by atoms with Gasteiger partial charge < -0.3 is 0 Å². The minimum Gasteiger partial charge on any atom is -0.295 e. The van der Waals surface area contributed by atoms with Crippen LogP contribution in [0, 0.1) is 0 Å². The third-order valence-electron chi connectivity index (χ3n) is 2.13. The topological polar surface area (TPSA) is 12.0 Å². The van der Waals surface area contributed by atoms with E-state index in [9.17, 15) is 0 Å². The molecule has 0 aromatic heterocycles. The van der Waals surface area contributed by atoms with Crippen LogP contribution in [-0.2, 0) is 11.0 Å². The molecule has 0 spiro atoms. The summed E-state index contributed by atoms with van der Waals surface area (Å²) in [6.07, 6.45) is 0. The Morgan fingerprint density at radius 2 is 2.18 bits per heavy atom. The second-order valence-corrected chi connectivity index (χ2v) is 4.60. The fraction of sp³-hybridized carbons (Fsp3) is 0.333. The number of hydrogen-bond donors (Lipinski definition) is 1. The molecule has 0 amide bonds. The number of benzene rings is 1. The Balaban J connectivity index is 2.56. The Morgan fingerprint density at radius 1 is 1.45 bits per heavy atom. The summed E-state index contributed by atoms with van der Waals surface area (Å²) in [5, 5.41) is 3.38. The van der Waals surface area contributed by atoms with E-state index in [1.807, 2.05) is 0 Å². The maximum atomic E-state index is 3.63. The first-order valence-corrected chi connectivity index (χ1v) is 4.52. The molecule has 1 aliphatic heterocycles. The van der Waals surface area contributed by atoms with E-state index in [1.54, 1.807) is 0 Å². The number of rotatable bonds is 0. The number of halogens is 1. The van der Waals surface area contributed by atoms with Gasteiger partial charge in [0, 0.05) is 6.54 Å². The van der Waals surface area contributed by atoms with Gasteiger partial charge in [-0.1, -0.05) is 40.2 Å². The van der Waals surface area contributed by atoms with Crippen molar-refractivity contribution in [3.63, 3.8) is 0 Å². The van der Waals surface area contributed by atoms with Crippen LogP contribution in [0.4, 0.5) is 0 Å².